The first kappa shape index (κ1) is 27.2. The van der Waals surface area contributed by atoms with Crippen molar-refractivity contribution in [2.24, 2.45) is 0 Å². The summed E-state index contributed by atoms with van der Waals surface area (Å²) < 4.78 is 49.2. The third-order valence-corrected chi connectivity index (χ3v) is 6.22. The van der Waals surface area contributed by atoms with Crippen molar-refractivity contribution < 1.29 is 27.8 Å². The van der Waals surface area contributed by atoms with Crippen molar-refractivity contribution in [3.05, 3.63) is 64.2 Å². The highest BCUT2D eigenvalue weighted by atomic mass is 19.4. The largest absolute Gasteiger partial charge is 0.491 e. The van der Waals surface area contributed by atoms with Gasteiger partial charge in [-0.3, -0.25) is 4.90 Å². The molecule has 1 fully saturated rings. The number of nitrogens with zero attached hydrogens (tertiary/aromatic N) is 1. The molecule has 0 amide bonds. The number of ether oxygens (including phenoxy) is 2. The predicted octanol–water partition coefficient (Wildman–Crippen LogP) is 5.86. The molecule has 0 spiro atoms. The summed E-state index contributed by atoms with van der Waals surface area (Å²) in [5, 5.41) is 11.0. The maximum Gasteiger partial charge on any atom is 0.416 e. The zero-order valence-corrected chi connectivity index (χ0v) is 20.3. The molecule has 1 aliphatic rings. The summed E-state index contributed by atoms with van der Waals surface area (Å²) in [6.45, 7) is 11.3. The molecule has 33 heavy (non-hydrogen) atoms. The Morgan fingerprint density at radius 2 is 1.55 bits per heavy atom. The lowest BCUT2D eigenvalue weighted by molar-refractivity contribution is -0.137. The van der Waals surface area contributed by atoms with Crippen LogP contribution in [-0.4, -0.2) is 43.4 Å². The standard InChI is InChI=1S/C24H30F3NO3.C2H6/c1-17-18(2)22(31-15-14-30-3)9-4-19(17)16-28-12-10-23(29,11-13-28)20-5-7-21(8-6-20)24(25,26)27;1-2/h4-9,29H,10-16H2,1-3H3;1-2H3. The Bertz CT molecular complexity index is 874. The van der Waals surface area contributed by atoms with Gasteiger partial charge < -0.3 is 14.6 Å². The third-order valence-electron chi connectivity index (χ3n) is 6.22. The summed E-state index contributed by atoms with van der Waals surface area (Å²) in [5.41, 5.74) is 2.24. The van der Waals surface area contributed by atoms with Gasteiger partial charge in [0.15, 0.2) is 0 Å². The number of alkyl halides is 3. The van der Waals surface area contributed by atoms with Gasteiger partial charge in [0.2, 0.25) is 0 Å². The minimum absolute atomic E-state index is 0.481. The van der Waals surface area contributed by atoms with Gasteiger partial charge in [-0.05, 0) is 67.1 Å². The second-order valence-corrected chi connectivity index (χ2v) is 8.20. The maximum atomic E-state index is 12.8. The van der Waals surface area contributed by atoms with Gasteiger partial charge in [-0.1, -0.05) is 32.0 Å². The summed E-state index contributed by atoms with van der Waals surface area (Å²) in [7, 11) is 1.64. The highest BCUT2D eigenvalue weighted by Crippen LogP contribution is 2.36. The summed E-state index contributed by atoms with van der Waals surface area (Å²) in [4.78, 5) is 2.27. The van der Waals surface area contributed by atoms with Crippen LogP contribution in [0.2, 0.25) is 0 Å². The first-order valence-corrected chi connectivity index (χ1v) is 11.5. The van der Waals surface area contributed by atoms with Crippen LogP contribution in [0.15, 0.2) is 36.4 Å². The molecule has 2 aromatic carbocycles. The zero-order chi connectivity index (χ0) is 24.6. The van der Waals surface area contributed by atoms with Crippen molar-refractivity contribution in [2.75, 3.05) is 33.4 Å². The summed E-state index contributed by atoms with van der Waals surface area (Å²) in [5.74, 6) is 0.855. The van der Waals surface area contributed by atoms with E-state index >= 15 is 0 Å². The van der Waals surface area contributed by atoms with E-state index in [1.807, 2.05) is 26.8 Å². The van der Waals surface area contributed by atoms with Gasteiger partial charge in [0.1, 0.15) is 12.4 Å². The molecule has 0 aromatic heterocycles. The normalized spacial score (nSPS) is 16.2. The lowest BCUT2D eigenvalue weighted by Crippen LogP contribution is -2.42. The van der Waals surface area contributed by atoms with Crippen LogP contribution in [0.4, 0.5) is 13.2 Å². The minimum atomic E-state index is -4.37. The lowest BCUT2D eigenvalue weighted by atomic mass is 9.84. The molecule has 4 nitrogen and oxygen atoms in total. The molecule has 0 unspecified atom stereocenters. The van der Waals surface area contributed by atoms with Gasteiger partial charge in [-0.25, -0.2) is 0 Å². The Morgan fingerprint density at radius 1 is 0.939 bits per heavy atom. The van der Waals surface area contributed by atoms with Crippen LogP contribution in [0, 0.1) is 13.8 Å². The molecule has 184 valence electrons. The number of halogens is 3. The van der Waals surface area contributed by atoms with Gasteiger partial charge in [-0.15, -0.1) is 0 Å². The smallest absolute Gasteiger partial charge is 0.416 e. The molecule has 3 rings (SSSR count). The molecule has 0 aliphatic carbocycles. The van der Waals surface area contributed by atoms with E-state index in [9.17, 15) is 18.3 Å². The molecule has 1 heterocycles. The molecule has 7 heteroatoms. The number of piperidine rings is 1. The van der Waals surface area contributed by atoms with E-state index in [4.69, 9.17) is 9.47 Å². The number of rotatable bonds is 7. The van der Waals surface area contributed by atoms with E-state index in [1.165, 1.54) is 23.3 Å². The van der Waals surface area contributed by atoms with Crippen molar-refractivity contribution in [1.82, 2.24) is 4.90 Å². The second-order valence-electron chi connectivity index (χ2n) is 8.20. The number of benzene rings is 2. The summed E-state index contributed by atoms with van der Waals surface area (Å²) in [6, 6.07) is 8.93. The summed E-state index contributed by atoms with van der Waals surface area (Å²) >= 11 is 0. The molecule has 2 aromatic rings. The number of methoxy groups -OCH3 is 1. The molecule has 0 atom stereocenters. The Morgan fingerprint density at radius 3 is 2.09 bits per heavy atom. The SMILES string of the molecule is CC.COCCOc1ccc(CN2CCC(O)(c3ccc(C(F)(F)F)cc3)CC2)c(C)c1C. The van der Waals surface area contributed by atoms with Crippen molar-refractivity contribution in [3.63, 3.8) is 0 Å². The maximum absolute atomic E-state index is 12.8. The van der Waals surface area contributed by atoms with Crippen LogP contribution < -0.4 is 4.74 Å². The van der Waals surface area contributed by atoms with Crippen LogP contribution in [0.25, 0.3) is 0 Å². The monoisotopic (exact) mass is 467 g/mol. The van der Waals surface area contributed by atoms with Crippen LogP contribution >= 0.6 is 0 Å². The number of aliphatic hydroxyl groups is 1. The van der Waals surface area contributed by atoms with Crippen molar-refractivity contribution in [2.45, 2.75) is 58.9 Å². The van der Waals surface area contributed by atoms with Gasteiger partial charge in [0.25, 0.3) is 0 Å². The first-order valence-electron chi connectivity index (χ1n) is 11.5. The lowest BCUT2D eigenvalue weighted by Gasteiger charge is -2.39. The average Bonchev–Trinajstić information content (AvgIpc) is 2.81. The van der Waals surface area contributed by atoms with Crippen molar-refractivity contribution in [1.29, 1.82) is 0 Å². The van der Waals surface area contributed by atoms with E-state index in [2.05, 4.69) is 17.9 Å². The quantitative estimate of drug-likeness (QED) is 0.518. The van der Waals surface area contributed by atoms with E-state index in [0.29, 0.717) is 44.7 Å². The molecular weight excluding hydrogens is 431 g/mol. The molecule has 1 aliphatic heterocycles. The van der Waals surface area contributed by atoms with Crippen LogP contribution in [0.3, 0.4) is 0 Å². The highest BCUT2D eigenvalue weighted by molar-refractivity contribution is 5.43. The van der Waals surface area contributed by atoms with Crippen LogP contribution in [-0.2, 0) is 23.1 Å². The molecule has 0 bridgehead atoms. The number of hydrogen-bond donors (Lipinski definition) is 1. The number of hydrogen-bond acceptors (Lipinski definition) is 4. The van der Waals surface area contributed by atoms with E-state index in [1.54, 1.807) is 7.11 Å². The molecule has 1 N–H and O–H groups in total. The van der Waals surface area contributed by atoms with Gasteiger partial charge >= 0.3 is 6.18 Å². The fourth-order valence-corrected chi connectivity index (χ4v) is 3.99. The van der Waals surface area contributed by atoms with Crippen LogP contribution in [0.1, 0.15) is 54.5 Å². The first-order chi connectivity index (χ1) is 15.6. The second kappa shape index (κ2) is 11.9. The highest BCUT2D eigenvalue weighted by Gasteiger charge is 2.35. The number of likely N-dealkylation sites (tertiary alicyclic amines) is 1. The van der Waals surface area contributed by atoms with Gasteiger partial charge in [0.05, 0.1) is 17.8 Å². The fourth-order valence-electron chi connectivity index (χ4n) is 3.99. The average molecular weight is 468 g/mol. The van der Waals surface area contributed by atoms with Gasteiger partial charge in [-0.2, -0.15) is 13.2 Å². The molecule has 0 radical (unpaired) electrons. The minimum Gasteiger partial charge on any atom is -0.491 e. The third kappa shape index (κ3) is 6.95. The molecule has 1 saturated heterocycles. The van der Waals surface area contributed by atoms with E-state index < -0.39 is 17.3 Å². The van der Waals surface area contributed by atoms with E-state index in [0.717, 1.165) is 30.0 Å². The zero-order valence-electron chi connectivity index (χ0n) is 20.3. The fraction of sp³-hybridized carbons (Fsp3) is 0.538. The topological polar surface area (TPSA) is 41.9 Å². The predicted molar refractivity (Wildman–Crippen MR) is 124 cm³/mol. The van der Waals surface area contributed by atoms with E-state index in [-0.39, 0.29) is 0 Å². The Kier molecular flexibility index (Phi) is 9.76. The Balaban J connectivity index is 0.00000187. The van der Waals surface area contributed by atoms with Crippen molar-refractivity contribution in [3.8, 4) is 5.75 Å². The Hall–Kier alpha value is -2.09. The van der Waals surface area contributed by atoms with Gasteiger partial charge in [0, 0.05) is 26.7 Å². The summed E-state index contributed by atoms with van der Waals surface area (Å²) in [6.07, 6.45) is -3.41. The molecule has 0 saturated carbocycles. The molecular formula is C26H36F3NO3. The van der Waals surface area contributed by atoms with Crippen molar-refractivity contribution >= 4 is 0 Å². The Labute approximate surface area is 195 Å². The van der Waals surface area contributed by atoms with Crippen LogP contribution in [0.5, 0.6) is 5.75 Å².